The molecule has 0 bridgehead atoms. The maximum absolute atomic E-state index is 16.1. The van der Waals surface area contributed by atoms with Gasteiger partial charge in [-0.15, -0.1) is 0 Å². The van der Waals surface area contributed by atoms with Crippen LogP contribution in [0.25, 0.3) is 56.0 Å². The summed E-state index contributed by atoms with van der Waals surface area (Å²) in [6, 6.07) is 7.66. The van der Waals surface area contributed by atoms with E-state index in [1.165, 1.54) is 36.9 Å². The number of aromatic nitrogens is 7. The van der Waals surface area contributed by atoms with Gasteiger partial charge in [0.25, 0.3) is 0 Å². The minimum Gasteiger partial charge on any atom is -0.335 e. The number of hydrogen-bond acceptors (Lipinski definition) is 8. The molecule has 0 fully saturated rings. The highest BCUT2D eigenvalue weighted by molar-refractivity contribution is 7.90. The number of sulfone groups is 1. The van der Waals surface area contributed by atoms with Crippen LogP contribution in [0.5, 0.6) is 0 Å². The van der Waals surface area contributed by atoms with Gasteiger partial charge in [0.05, 0.1) is 28.5 Å². The lowest BCUT2D eigenvalue weighted by Gasteiger charge is -2.09. The first-order valence-electron chi connectivity index (χ1n) is 13.6. The normalized spacial score (nSPS) is 12.0. The van der Waals surface area contributed by atoms with E-state index >= 15 is 4.39 Å². The standard InChI is InChI=1S/C30H26F2N8O3S/c1-15(2)30(41)36-20-11-18(12-33-13-20)22-14-35-27-23(24(22)32)26(39-40-27)29-37-25-21(4-6-34-28(25)38-29)17-8-16(9-19(31)10-17)5-7-44(3,42)43/h4,6,8-15H,5,7H2,1-3H3,(H,36,41)(H,34,37,38)(H,35,39,40). The second kappa shape index (κ2) is 11.2. The fourth-order valence-corrected chi connectivity index (χ4v) is 5.40. The molecule has 0 saturated heterocycles. The summed E-state index contributed by atoms with van der Waals surface area (Å²) in [5.41, 5.74) is 3.66. The van der Waals surface area contributed by atoms with Crippen molar-refractivity contribution >= 4 is 43.6 Å². The monoisotopic (exact) mass is 616 g/mol. The lowest BCUT2D eigenvalue weighted by molar-refractivity contribution is -0.118. The molecular formula is C30H26F2N8O3S. The number of benzene rings is 1. The maximum atomic E-state index is 16.1. The summed E-state index contributed by atoms with van der Waals surface area (Å²) in [5, 5.41) is 9.80. The molecule has 14 heteroatoms. The smallest absolute Gasteiger partial charge is 0.226 e. The third kappa shape index (κ3) is 5.75. The number of anilines is 1. The summed E-state index contributed by atoms with van der Waals surface area (Å²) in [6.07, 6.45) is 7.10. The second-order valence-corrected chi connectivity index (χ2v) is 13.0. The number of aromatic amines is 2. The molecule has 1 amide bonds. The quantitative estimate of drug-likeness (QED) is 0.213. The Kier molecular flexibility index (Phi) is 7.37. The first-order valence-corrected chi connectivity index (χ1v) is 15.6. The molecule has 0 radical (unpaired) electrons. The van der Waals surface area contributed by atoms with Crippen LogP contribution in [0.15, 0.2) is 55.1 Å². The van der Waals surface area contributed by atoms with E-state index in [2.05, 4.69) is 40.4 Å². The number of rotatable bonds is 8. The lowest BCUT2D eigenvalue weighted by Crippen LogP contribution is -2.17. The molecular weight excluding hydrogens is 590 g/mol. The number of halogens is 2. The van der Waals surface area contributed by atoms with E-state index in [0.717, 1.165) is 6.26 Å². The Morgan fingerprint density at radius 3 is 2.59 bits per heavy atom. The lowest BCUT2D eigenvalue weighted by atomic mass is 10.0. The van der Waals surface area contributed by atoms with Crippen molar-refractivity contribution in [2.45, 2.75) is 20.3 Å². The van der Waals surface area contributed by atoms with Crippen LogP contribution in [0.1, 0.15) is 19.4 Å². The Morgan fingerprint density at radius 1 is 1.00 bits per heavy atom. The van der Waals surface area contributed by atoms with Crippen molar-refractivity contribution in [1.82, 2.24) is 35.1 Å². The van der Waals surface area contributed by atoms with E-state index in [0.29, 0.717) is 39.1 Å². The Labute approximate surface area is 250 Å². The third-order valence-electron chi connectivity index (χ3n) is 7.02. The molecule has 224 valence electrons. The Hall–Kier alpha value is -5.11. The van der Waals surface area contributed by atoms with Crippen molar-refractivity contribution < 1.29 is 22.0 Å². The Bertz CT molecular complexity index is 2180. The van der Waals surface area contributed by atoms with Crippen LogP contribution in [-0.4, -0.2) is 61.5 Å². The predicted molar refractivity (Wildman–Crippen MR) is 162 cm³/mol. The minimum atomic E-state index is -3.24. The van der Waals surface area contributed by atoms with Gasteiger partial charge in [-0.05, 0) is 41.8 Å². The molecule has 0 aliphatic heterocycles. The van der Waals surface area contributed by atoms with E-state index in [1.54, 1.807) is 32.0 Å². The summed E-state index contributed by atoms with van der Waals surface area (Å²) in [6.45, 7) is 3.52. The van der Waals surface area contributed by atoms with Crippen LogP contribution in [0.2, 0.25) is 0 Å². The van der Waals surface area contributed by atoms with Crippen LogP contribution in [-0.2, 0) is 21.1 Å². The number of nitrogens with zero attached hydrogens (tertiary/aromatic N) is 5. The Morgan fingerprint density at radius 2 is 1.82 bits per heavy atom. The molecule has 5 heterocycles. The van der Waals surface area contributed by atoms with Crippen molar-refractivity contribution in [2.24, 2.45) is 5.92 Å². The minimum absolute atomic E-state index is 0.0774. The molecule has 6 aromatic rings. The second-order valence-electron chi connectivity index (χ2n) is 10.8. The highest BCUT2D eigenvalue weighted by Gasteiger charge is 2.22. The van der Waals surface area contributed by atoms with Crippen LogP contribution >= 0.6 is 0 Å². The van der Waals surface area contributed by atoms with E-state index in [1.807, 2.05) is 0 Å². The van der Waals surface area contributed by atoms with E-state index < -0.39 is 21.5 Å². The molecule has 0 spiro atoms. The molecule has 5 aromatic heterocycles. The van der Waals surface area contributed by atoms with E-state index in [4.69, 9.17) is 0 Å². The summed E-state index contributed by atoms with van der Waals surface area (Å²) in [5.74, 6) is -1.47. The van der Waals surface area contributed by atoms with Gasteiger partial charge in [-0.2, -0.15) is 5.10 Å². The zero-order valence-electron chi connectivity index (χ0n) is 23.8. The topological polar surface area (TPSA) is 159 Å². The average Bonchev–Trinajstić information content (AvgIpc) is 3.60. The van der Waals surface area contributed by atoms with Crippen molar-refractivity contribution in [3.63, 3.8) is 0 Å². The van der Waals surface area contributed by atoms with Crippen LogP contribution in [0.4, 0.5) is 14.5 Å². The van der Waals surface area contributed by atoms with Gasteiger partial charge in [0.15, 0.2) is 17.1 Å². The summed E-state index contributed by atoms with van der Waals surface area (Å²) >= 11 is 0. The summed E-state index contributed by atoms with van der Waals surface area (Å²) in [4.78, 5) is 32.7. The van der Waals surface area contributed by atoms with Gasteiger partial charge in [-0.1, -0.05) is 19.9 Å². The maximum Gasteiger partial charge on any atom is 0.226 e. The van der Waals surface area contributed by atoms with Gasteiger partial charge in [0.2, 0.25) is 5.91 Å². The van der Waals surface area contributed by atoms with E-state index in [-0.39, 0.29) is 52.1 Å². The van der Waals surface area contributed by atoms with Gasteiger partial charge in [-0.3, -0.25) is 14.9 Å². The van der Waals surface area contributed by atoms with Gasteiger partial charge < -0.3 is 10.3 Å². The first kappa shape index (κ1) is 29.0. The van der Waals surface area contributed by atoms with Gasteiger partial charge >= 0.3 is 0 Å². The van der Waals surface area contributed by atoms with Crippen molar-refractivity contribution in [3.05, 3.63) is 72.3 Å². The summed E-state index contributed by atoms with van der Waals surface area (Å²) in [7, 11) is -3.24. The Balaban J connectivity index is 1.41. The fourth-order valence-electron chi connectivity index (χ4n) is 4.79. The third-order valence-corrected chi connectivity index (χ3v) is 7.96. The van der Waals surface area contributed by atoms with Crippen molar-refractivity contribution in [1.29, 1.82) is 0 Å². The molecule has 0 atom stereocenters. The SMILES string of the molecule is CC(C)C(=O)Nc1cncc(-c2cnc3n[nH]c(-c4nc5nccc(-c6cc(F)cc(CCS(C)(=O)=O)c6)c5[nH]4)c3c2F)c1. The highest BCUT2D eigenvalue weighted by atomic mass is 32.2. The largest absolute Gasteiger partial charge is 0.335 e. The van der Waals surface area contributed by atoms with Crippen LogP contribution < -0.4 is 5.32 Å². The molecule has 0 aliphatic carbocycles. The first-order chi connectivity index (χ1) is 21.0. The number of aryl methyl sites for hydroxylation is 1. The summed E-state index contributed by atoms with van der Waals surface area (Å²) < 4.78 is 54.1. The predicted octanol–water partition coefficient (Wildman–Crippen LogP) is 5.09. The average molecular weight is 617 g/mol. The van der Waals surface area contributed by atoms with E-state index in [9.17, 15) is 17.6 Å². The molecule has 0 aliphatic rings. The zero-order chi connectivity index (χ0) is 31.2. The van der Waals surface area contributed by atoms with Gasteiger partial charge in [-0.25, -0.2) is 32.2 Å². The number of H-pyrrole nitrogens is 2. The van der Waals surface area contributed by atoms with Crippen LogP contribution in [0.3, 0.4) is 0 Å². The number of carbonyl (C=O) groups is 1. The molecule has 3 N–H and O–H groups in total. The number of imidazole rings is 1. The number of pyridine rings is 3. The molecule has 44 heavy (non-hydrogen) atoms. The zero-order valence-corrected chi connectivity index (χ0v) is 24.6. The molecule has 0 unspecified atom stereocenters. The fraction of sp³-hybridized carbons (Fsp3) is 0.200. The number of fused-ring (bicyclic) bond motifs is 2. The number of amides is 1. The molecule has 6 rings (SSSR count). The number of carbonyl (C=O) groups excluding carboxylic acids is 1. The molecule has 11 nitrogen and oxygen atoms in total. The molecule has 1 aromatic carbocycles. The molecule has 0 saturated carbocycles. The van der Waals surface area contributed by atoms with Crippen molar-refractivity contribution in [3.8, 4) is 33.8 Å². The number of hydrogen-bond donors (Lipinski definition) is 3. The van der Waals surface area contributed by atoms with Gasteiger partial charge in [0.1, 0.15) is 27.2 Å². The van der Waals surface area contributed by atoms with Crippen LogP contribution in [0, 0.1) is 17.6 Å². The van der Waals surface area contributed by atoms with Crippen molar-refractivity contribution in [2.75, 3.05) is 17.3 Å². The highest BCUT2D eigenvalue weighted by Crippen LogP contribution is 2.35. The van der Waals surface area contributed by atoms with Gasteiger partial charge in [0, 0.05) is 47.5 Å². The number of nitrogens with one attached hydrogen (secondary N) is 3.